The van der Waals surface area contributed by atoms with Crippen molar-refractivity contribution in [1.29, 1.82) is 0 Å². The van der Waals surface area contributed by atoms with Crippen LogP contribution in [0.3, 0.4) is 0 Å². The van der Waals surface area contributed by atoms with Gasteiger partial charge in [0.05, 0.1) is 7.11 Å². The molecule has 1 saturated carbocycles. The molecule has 2 rings (SSSR count). The average Bonchev–Trinajstić information content (AvgIpc) is 2.40. The van der Waals surface area contributed by atoms with Gasteiger partial charge in [0.1, 0.15) is 11.4 Å². The van der Waals surface area contributed by atoms with Crippen molar-refractivity contribution in [3.63, 3.8) is 0 Å². The Balaban J connectivity index is 2.17. The third-order valence-electron chi connectivity index (χ3n) is 3.80. The van der Waals surface area contributed by atoms with E-state index in [4.69, 9.17) is 5.11 Å². The Labute approximate surface area is 127 Å². The van der Waals surface area contributed by atoms with Crippen molar-refractivity contribution >= 4 is 27.6 Å². The molecule has 1 aromatic rings. The molecular formula is C13H16N2O6S. The lowest BCUT2D eigenvalue weighted by molar-refractivity contribution is -0.146. The van der Waals surface area contributed by atoms with Gasteiger partial charge in [0.2, 0.25) is 0 Å². The quantitative estimate of drug-likeness (QED) is 0.740. The lowest BCUT2D eigenvalue weighted by Crippen LogP contribution is -2.60. The van der Waals surface area contributed by atoms with Gasteiger partial charge in [-0.3, -0.25) is 4.79 Å². The SMILES string of the molecule is COC(=O)C1(S(C)(=O)=O)CC(Nc2ncccc2C(=O)O)C1. The third kappa shape index (κ3) is 2.63. The molecule has 1 aliphatic carbocycles. The highest BCUT2D eigenvalue weighted by Crippen LogP contribution is 2.41. The van der Waals surface area contributed by atoms with Crippen LogP contribution in [0.4, 0.5) is 5.82 Å². The van der Waals surface area contributed by atoms with E-state index < -0.39 is 26.5 Å². The number of rotatable bonds is 5. The summed E-state index contributed by atoms with van der Waals surface area (Å²) >= 11 is 0. The van der Waals surface area contributed by atoms with Gasteiger partial charge in [0.25, 0.3) is 0 Å². The number of carboxylic acids is 1. The molecule has 120 valence electrons. The molecule has 0 saturated heterocycles. The summed E-state index contributed by atoms with van der Waals surface area (Å²) in [5.74, 6) is -1.79. The molecule has 1 fully saturated rings. The highest BCUT2D eigenvalue weighted by Gasteiger charge is 2.59. The first-order valence-corrected chi connectivity index (χ1v) is 8.33. The Morgan fingerprint density at radius 1 is 1.45 bits per heavy atom. The Bertz CT molecular complexity index is 709. The summed E-state index contributed by atoms with van der Waals surface area (Å²) in [6.45, 7) is 0. The molecule has 0 aliphatic heterocycles. The van der Waals surface area contributed by atoms with E-state index in [1.165, 1.54) is 18.3 Å². The van der Waals surface area contributed by atoms with Crippen molar-refractivity contribution in [3.05, 3.63) is 23.9 Å². The van der Waals surface area contributed by atoms with Crippen molar-refractivity contribution in [2.75, 3.05) is 18.7 Å². The lowest BCUT2D eigenvalue weighted by Gasteiger charge is -2.43. The van der Waals surface area contributed by atoms with E-state index in [1.54, 1.807) is 0 Å². The van der Waals surface area contributed by atoms with E-state index in [1.807, 2.05) is 0 Å². The van der Waals surface area contributed by atoms with Gasteiger partial charge in [0, 0.05) is 18.5 Å². The number of sulfone groups is 1. The van der Waals surface area contributed by atoms with E-state index in [-0.39, 0.29) is 30.3 Å². The van der Waals surface area contributed by atoms with Crippen molar-refractivity contribution in [2.45, 2.75) is 23.6 Å². The number of pyridine rings is 1. The number of hydrogen-bond donors (Lipinski definition) is 2. The summed E-state index contributed by atoms with van der Waals surface area (Å²) < 4.78 is 26.8. The summed E-state index contributed by atoms with van der Waals surface area (Å²) in [5.41, 5.74) is -0.0163. The molecule has 0 aromatic carbocycles. The van der Waals surface area contributed by atoms with Gasteiger partial charge in [-0.15, -0.1) is 0 Å². The van der Waals surface area contributed by atoms with Crippen molar-refractivity contribution in [2.24, 2.45) is 0 Å². The fourth-order valence-electron chi connectivity index (χ4n) is 2.53. The summed E-state index contributed by atoms with van der Waals surface area (Å²) in [7, 11) is -2.51. The molecule has 8 nitrogen and oxygen atoms in total. The van der Waals surface area contributed by atoms with Gasteiger partial charge >= 0.3 is 11.9 Å². The van der Waals surface area contributed by atoms with E-state index >= 15 is 0 Å². The molecule has 9 heteroatoms. The highest BCUT2D eigenvalue weighted by molar-refractivity contribution is 7.93. The van der Waals surface area contributed by atoms with E-state index in [9.17, 15) is 18.0 Å². The van der Waals surface area contributed by atoms with Crippen LogP contribution in [0.2, 0.25) is 0 Å². The van der Waals surface area contributed by atoms with E-state index in [0.29, 0.717) is 0 Å². The maximum Gasteiger partial charge on any atom is 0.339 e. The summed E-state index contributed by atoms with van der Waals surface area (Å²) in [5, 5.41) is 11.9. The Kier molecular flexibility index (Phi) is 4.10. The van der Waals surface area contributed by atoms with E-state index in [2.05, 4.69) is 15.0 Å². The Morgan fingerprint density at radius 2 is 2.09 bits per heavy atom. The van der Waals surface area contributed by atoms with Gasteiger partial charge in [-0.2, -0.15) is 0 Å². The highest BCUT2D eigenvalue weighted by atomic mass is 32.2. The van der Waals surface area contributed by atoms with Gasteiger partial charge in [-0.05, 0) is 25.0 Å². The minimum atomic E-state index is -3.64. The van der Waals surface area contributed by atoms with Crippen LogP contribution in [0.5, 0.6) is 0 Å². The number of nitrogens with zero attached hydrogens (tertiary/aromatic N) is 1. The minimum absolute atomic E-state index is 0.00808. The molecule has 22 heavy (non-hydrogen) atoms. The monoisotopic (exact) mass is 328 g/mol. The molecule has 0 radical (unpaired) electrons. The standard InChI is InChI=1S/C13H16N2O6S/c1-21-12(18)13(22(2,19)20)6-8(7-13)15-10-9(11(16)17)4-3-5-14-10/h3-5,8H,6-7H2,1-2H3,(H,14,15)(H,16,17). The van der Waals surface area contributed by atoms with Crippen LogP contribution in [0.25, 0.3) is 0 Å². The summed E-state index contributed by atoms with van der Waals surface area (Å²) in [6, 6.07) is 2.51. The third-order valence-corrected chi connectivity index (χ3v) is 5.72. The second kappa shape index (κ2) is 5.56. The largest absolute Gasteiger partial charge is 0.478 e. The molecule has 1 heterocycles. The van der Waals surface area contributed by atoms with Crippen LogP contribution in [-0.2, 0) is 19.4 Å². The fraction of sp³-hybridized carbons (Fsp3) is 0.462. The van der Waals surface area contributed by atoms with Gasteiger partial charge in [-0.25, -0.2) is 18.2 Å². The maximum absolute atomic E-state index is 11.9. The van der Waals surface area contributed by atoms with Crippen molar-refractivity contribution in [1.82, 2.24) is 4.98 Å². The Morgan fingerprint density at radius 3 is 2.59 bits per heavy atom. The number of carbonyl (C=O) groups excluding carboxylic acids is 1. The summed E-state index contributed by atoms with van der Waals surface area (Å²) in [4.78, 5) is 26.8. The number of ether oxygens (including phenoxy) is 1. The zero-order chi connectivity index (χ0) is 16.5. The van der Waals surface area contributed by atoms with Crippen LogP contribution < -0.4 is 5.32 Å². The normalized spacial score (nSPS) is 24.2. The second-order valence-electron chi connectivity index (χ2n) is 5.21. The topological polar surface area (TPSA) is 123 Å². The van der Waals surface area contributed by atoms with Crippen molar-refractivity contribution < 1.29 is 27.9 Å². The Hall–Kier alpha value is -2.16. The fourth-order valence-corrected chi connectivity index (χ4v) is 3.93. The molecule has 2 N–H and O–H groups in total. The first kappa shape index (κ1) is 16.2. The van der Waals surface area contributed by atoms with Crippen LogP contribution in [-0.4, -0.2) is 54.6 Å². The average molecular weight is 328 g/mol. The van der Waals surface area contributed by atoms with Crippen LogP contribution in [0.15, 0.2) is 18.3 Å². The number of carboxylic acid groups (broad SMARTS) is 1. The first-order chi connectivity index (χ1) is 10.2. The zero-order valence-electron chi connectivity index (χ0n) is 12.1. The molecule has 0 spiro atoms. The van der Waals surface area contributed by atoms with Crippen LogP contribution in [0.1, 0.15) is 23.2 Å². The first-order valence-electron chi connectivity index (χ1n) is 6.44. The number of anilines is 1. The predicted molar refractivity (Wildman–Crippen MR) is 77.4 cm³/mol. The maximum atomic E-state index is 11.9. The molecular weight excluding hydrogens is 312 g/mol. The number of methoxy groups -OCH3 is 1. The smallest absolute Gasteiger partial charge is 0.339 e. The molecule has 0 amide bonds. The molecule has 1 aliphatic rings. The number of aromatic carboxylic acids is 1. The minimum Gasteiger partial charge on any atom is -0.478 e. The number of aromatic nitrogens is 1. The summed E-state index contributed by atoms with van der Waals surface area (Å²) in [6.07, 6.45) is 2.43. The molecule has 0 atom stereocenters. The number of esters is 1. The lowest BCUT2D eigenvalue weighted by atomic mass is 9.79. The van der Waals surface area contributed by atoms with Crippen molar-refractivity contribution in [3.8, 4) is 0 Å². The molecule has 0 unspecified atom stereocenters. The second-order valence-corrected chi connectivity index (χ2v) is 7.54. The van der Waals surface area contributed by atoms with Gasteiger partial charge < -0.3 is 15.2 Å². The van der Waals surface area contributed by atoms with E-state index in [0.717, 1.165) is 13.4 Å². The zero-order valence-corrected chi connectivity index (χ0v) is 12.9. The van der Waals surface area contributed by atoms with Gasteiger partial charge in [-0.1, -0.05) is 0 Å². The molecule has 1 aromatic heterocycles. The number of hydrogen-bond acceptors (Lipinski definition) is 7. The predicted octanol–water partition coefficient (Wildman–Crippen LogP) is 0.310. The van der Waals surface area contributed by atoms with Gasteiger partial charge in [0.15, 0.2) is 14.6 Å². The van der Waals surface area contributed by atoms with Crippen LogP contribution in [0, 0.1) is 0 Å². The number of carbonyl (C=O) groups is 2. The number of nitrogens with one attached hydrogen (secondary N) is 1. The molecule has 0 bridgehead atoms. The van der Waals surface area contributed by atoms with Crippen LogP contribution >= 0.6 is 0 Å².